The van der Waals surface area contributed by atoms with Crippen LogP contribution in [0, 0.1) is 0 Å². The van der Waals surface area contributed by atoms with E-state index < -0.39 is 0 Å². The minimum Gasteiger partial charge on any atom is -0.363 e. The molecule has 1 aromatic heterocycles. The molecule has 0 unspecified atom stereocenters. The third-order valence-corrected chi connectivity index (χ3v) is 4.44. The fourth-order valence-corrected chi connectivity index (χ4v) is 3.26. The third kappa shape index (κ3) is 2.16. The summed E-state index contributed by atoms with van der Waals surface area (Å²) in [7, 11) is 0. The van der Waals surface area contributed by atoms with Crippen LogP contribution in [0.15, 0.2) is 36.4 Å². The number of thiophene rings is 1. The average molecular weight is 278 g/mol. The number of hydrogen-bond donors (Lipinski definition) is 0. The number of rotatable bonds is 3. The summed E-state index contributed by atoms with van der Waals surface area (Å²) in [5.41, 5.74) is 2.52. The molecule has 0 radical (unpaired) electrons. The number of Topliss-reactive ketones (excluding diaryl/α,β-unsaturated/α-hetero) is 1. The zero-order valence-electron chi connectivity index (χ0n) is 9.73. The zero-order valence-corrected chi connectivity index (χ0v) is 11.3. The Morgan fingerprint density at radius 2 is 2.11 bits per heavy atom. The van der Waals surface area contributed by atoms with E-state index in [1.165, 1.54) is 22.6 Å². The number of carbonyl (C=O) groups excluding carboxylic acids is 1. The molecule has 92 valence electrons. The second-order valence-electron chi connectivity index (χ2n) is 4.33. The number of carbonyl (C=O) groups is 1. The van der Waals surface area contributed by atoms with E-state index in [4.69, 9.17) is 11.6 Å². The van der Waals surface area contributed by atoms with E-state index in [1.54, 1.807) is 12.1 Å². The van der Waals surface area contributed by atoms with E-state index in [-0.39, 0.29) is 5.78 Å². The molecule has 4 heteroatoms. The number of fused-ring (bicyclic) bond motifs is 1. The minimum absolute atomic E-state index is 0.142. The van der Waals surface area contributed by atoms with Gasteiger partial charge in [0.2, 0.25) is 0 Å². The Kier molecular flexibility index (Phi) is 3.10. The van der Waals surface area contributed by atoms with Crippen molar-refractivity contribution in [3.8, 4) is 0 Å². The average Bonchev–Trinajstić information content (AvgIpc) is 2.97. The van der Waals surface area contributed by atoms with Crippen LogP contribution in [0.2, 0.25) is 4.34 Å². The summed E-state index contributed by atoms with van der Waals surface area (Å²) in [5, 5.41) is 0. The van der Waals surface area contributed by atoms with E-state index in [0.29, 0.717) is 10.9 Å². The van der Waals surface area contributed by atoms with Gasteiger partial charge in [-0.25, -0.2) is 0 Å². The molecule has 1 aromatic carbocycles. The summed E-state index contributed by atoms with van der Waals surface area (Å²) in [6.07, 6.45) is 1.02. The van der Waals surface area contributed by atoms with Crippen LogP contribution in [-0.2, 0) is 6.42 Å². The number of nitrogens with zero attached hydrogens (tertiary/aromatic N) is 1. The largest absolute Gasteiger partial charge is 0.363 e. The van der Waals surface area contributed by atoms with Crippen LogP contribution >= 0.6 is 22.9 Å². The molecule has 0 atom stereocenters. The summed E-state index contributed by atoms with van der Waals surface area (Å²) in [5.74, 6) is 0.142. The van der Waals surface area contributed by atoms with Crippen LogP contribution in [0.5, 0.6) is 0 Å². The minimum atomic E-state index is 0.142. The topological polar surface area (TPSA) is 20.3 Å². The van der Waals surface area contributed by atoms with Crippen LogP contribution < -0.4 is 4.90 Å². The predicted octanol–water partition coefficient (Wildman–Crippen LogP) is 3.65. The van der Waals surface area contributed by atoms with Gasteiger partial charge in [0.1, 0.15) is 0 Å². The van der Waals surface area contributed by atoms with Gasteiger partial charge in [-0.15, -0.1) is 11.3 Å². The second-order valence-corrected chi connectivity index (χ2v) is 6.04. The van der Waals surface area contributed by atoms with Crippen molar-refractivity contribution in [2.45, 2.75) is 6.42 Å². The number of para-hydroxylation sites is 1. The third-order valence-electron chi connectivity index (χ3n) is 3.17. The van der Waals surface area contributed by atoms with Crippen LogP contribution in [-0.4, -0.2) is 18.9 Å². The van der Waals surface area contributed by atoms with Crippen molar-refractivity contribution in [3.05, 3.63) is 51.2 Å². The Morgan fingerprint density at radius 1 is 1.28 bits per heavy atom. The van der Waals surface area contributed by atoms with Crippen molar-refractivity contribution in [3.63, 3.8) is 0 Å². The van der Waals surface area contributed by atoms with Gasteiger partial charge in [-0.1, -0.05) is 29.8 Å². The van der Waals surface area contributed by atoms with Crippen molar-refractivity contribution in [2.75, 3.05) is 18.0 Å². The molecule has 0 aliphatic carbocycles. The molecule has 1 aliphatic rings. The first kappa shape index (κ1) is 11.8. The summed E-state index contributed by atoms with van der Waals surface area (Å²) in [6.45, 7) is 1.36. The molecule has 0 spiro atoms. The Hall–Kier alpha value is -1.32. The van der Waals surface area contributed by atoms with Gasteiger partial charge in [-0.2, -0.15) is 0 Å². The van der Waals surface area contributed by atoms with Gasteiger partial charge in [0.15, 0.2) is 5.78 Å². The van der Waals surface area contributed by atoms with Crippen molar-refractivity contribution in [2.24, 2.45) is 0 Å². The van der Waals surface area contributed by atoms with Crippen LogP contribution in [0.3, 0.4) is 0 Å². The summed E-state index contributed by atoms with van der Waals surface area (Å²) in [6, 6.07) is 11.8. The number of ketones is 1. The van der Waals surface area contributed by atoms with E-state index >= 15 is 0 Å². The molecule has 0 fully saturated rings. The molecule has 0 saturated heterocycles. The summed E-state index contributed by atoms with van der Waals surface area (Å²) < 4.78 is 0.667. The Bertz CT molecular complexity index is 593. The molecule has 0 saturated carbocycles. The van der Waals surface area contributed by atoms with Gasteiger partial charge in [0.25, 0.3) is 0 Å². The van der Waals surface area contributed by atoms with E-state index in [0.717, 1.165) is 17.8 Å². The van der Waals surface area contributed by atoms with Crippen molar-refractivity contribution in [1.82, 2.24) is 0 Å². The molecule has 0 N–H and O–H groups in total. The van der Waals surface area contributed by atoms with Gasteiger partial charge < -0.3 is 4.90 Å². The van der Waals surface area contributed by atoms with Gasteiger partial charge >= 0.3 is 0 Å². The summed E-state index contributed by atoms with van der Waals surface area (Å²) >= 11 is 7.20. The highest BCUT2D eigenvalue weighted by Crippen LogP contribution is 2.28. The van der Waals surface area contributed by atoms with E-state index in [9.17, 15) is 4.79 Å². The van der Waals surface area contributed by atoms with Gasteiger partial charge in [0, 0.05) is 12.2 Å². The Labute approximate surface area is 115 Å². The van der Waals surface area contributed by atoms with Gasteiger partial charge in [-0.05, 0) is 30.2 Å². The number of hydrogen-bond acceptors (Lipinski definition) is 3. The lowest BCUT2D eigenvalue weighted by molar-refractivity contribution is 0.100. The Morgan fingerprint density at radius 3 is 2.89 bits per heavy atom. The molecule has 2 nitrogen and oxygen atoms in total. The maximum atomic E-state index is 12.1. The van der Waals surface area contributed by atoms with Crippen molar-refractivity contribution in [1.29, 1.82) is 0 Å². The molecular weight excluding hydrogens is 266 g/mol. The van der Waals surface area contributed by atoms with Gasteiger partial charge in [0.05, 0.1) is 15.8 Å². The number of anilines is 1. The predicted molar refractivity (Wildman–Crippen MR) is 76.0 cm³/mol. The standard InChI is InChI=1S/C14H12ClNOS/c15-14-6-5-13(18-14)12(17)9-16-8-7-10-3-1-2-4-11(10)16/h1-6H,7-9H2. The maximum absolute atomic E-state index is 12.1. The fraction of sp³-hybridized carbons (Fsp3) is 0.214. The fourth-order valence-electron chi connectivity index (χ4n) is 2.29. The smallest absolute Gasteiger partial charge is 0.192 e. The molecule has 3 rings (SSSR count). The molecule has 2 heterocycles. The molecule has 1 aliphatic heterocycles. The quantitative estimate of drug-likeness (QED) is 0.798. The van der Waals surface area contributed by atoms with E-state index in [2.05, 4.69) is 17.0 Å². The molecule has 0 amide bonds. The molecule has 2 aromatic rings. The maximum Gasteiger partial charge on any atom is 0.192 e. The SMILES string of the molecule is O=C(CN1CCc2ccccc21)c1ccc(Cl)s1. The van der Waals surface area contributed by atoms with Crippen LogP contribution in [0.1, 0.15) is 15.2 Å². The zero-order chi connectivity index (χ0) is 12.5. The second kappa shape index (κ2) is 4.75. The molecule has 18 heavy (non-hydrogen) atoms. The molecular formula is C14H12ClNOS. The molecule has 0 bridgehead atoms. The first-order valence-electron chi connectivity index (χ1n) is 5.85. The number of benzene rings is 1. The Balaban J connectivity index is 1.77. The lowest BCUT2D eigenvalue weighted by Crippen LogP contribution is -2.27. The van der Waals surface area contributed by atoms with Crippen molar-refractivity contribution >= 4 is 34.4 Å². The first-order valence-corrected chi connectivity index (χ1v) is 7.05. The highest BCUT2D eigenvalue weighted by molar-refractivity contribution is 7.18. The van der Waals surface area contributed by atoms with Gasteiger partial charge in [-0.3, -0.25) is 4.79 Å². The van der Waals surface area contributed by atoms with E-state index in [1.807, 2.05) is 12.1 Å². The van der Waals surface area contributed by atoms with Crippen LogP contribution in [0.25, 0.3) is 0 Å². The first-order chi connectivity index (χ1) is 8.74. The normalized spacial score (nSPS) is 13.7. The lowest BCUT2D eigenvalue weighted by atomic mass is 10.2. The highest BCUT2D eigenvalue weighted by Gasteiger charge is 2.21. The van der Waals surface area contributed by atoms with Crippen LogP contribution in [0.4, 0.5) is 5.69 Å². The summed E-state index contributed by atoms with van der Waals surface area (Å²) in [4.78, 5) is 15.0. The van der Waals surface area contributed by atoms with Crippen molar-refractivity contribution < 1.29 is 4.79 Å². The lowest BCUT2D eigenvalue weighted by Gasteiger charge is -2.17. The monoisotopic (exact) mass is 277 g/mol. The highest BCUT2D eigenvalue weighted by atomic mass is 35.5. The number of halogens is 1.